The van der Waals surface area contributed by atoms with E-state index in [1.807, 2.05) is 14.1 Å². The van der Waals surface area contributed by atoms with Gasteiger partial charge in [-0.05, 0) is 0 Å². The van der Waals surface area contributed by atoms with Crippen molar-refractivity contribution in [1.29, 1.82) is 0 Å². The second-order valence-corrected chi connectivity index (χ2v) is 4.11. The summed E-state index contributed by atoms with van der Waals surface area (Å²) in [6, 6.07) is 0. The van der Waals surface area contributed by atoms with Crippen LogP contribution in [0.2, 0.25) is 0 Å². The largest absolute Gasteiger partial charge is 0.478 e. The fourth-order valence-electron chi connectivity index (χ4n) is 0.824. The SMILES string of the molecule is CN(C)/C=N/c1nc(/C(=C\Cl)C(=O)O)cs1. The number of aliphatic carboxylic acids is 1. The molecule has 86 valence electrons. The van der Waals surface area contributed by atoms with E-state index in [1.54, 1.807) is 16.6 Å². The van der Waals surface area contributed by atoms with Gasteiger partial charge in [-0.3, -0.25) is 0 Å². The summed E-state index contributed by atoms with van der Waals surface area (Å²) < 4.78 is 0. The standard InChI is InChI=1S/C9H10ClN3O2S/c1-13(2)5-11-9-12-7(4-16-9)6(3-10)8(14)15/h3-5H,1-2H3,(H,14,15)/b6-3+,11-5+. The Morgan fingerprint density at radius 2 is 2.38 bits per heavy atom. The molecule has 1 aromatic heterocycles. The summed E-state index contributed by atoms with van der Waals surface area (Å²) in [5, 5.41) is 10.9. The van der Waals surface area contributed by atoms with E-state index in [9.17, 15) is 4.79 Å². The number of rotatable bonds is 4. The molecule has 1 aromatic rings. The zero-order valence-electron chi connectivity index (χ0n) is 8.72. The molecule has 7 heteroatoms. The Kier molecular flexibility index (Phi) is 4.45. The van der Waals surface area contributed by atoms with Gasteiger partial charge in [-0.25, -0.2) is 14.8 Å². The van der Waals surface area contributed by atoms with Crippen LogP contribution in [0.5, 0.6) is 0 Å². The summed E-state index contributed by atoms with van der Waals surface area (Å²) in [6.07, 6.45) is 1.59. The third-order valence-electron chi connectivity index (χ3n) is 1.51. The van der Waals surface area contributed by atoms with Gasteiger partial charge in [0.05, 0.1) is 17.6 Å². The van der Waals surface area contributed by atoms with Gasteiger partial charge in [-0.15, -0.1) is 11.3 Å². The van der Waals surface area contributed by atoms with Crippen LogP contribution in [0, 0.1) is 0 Å². The Hall–Kier alpha value is -1.40. The Morgan fingerprint density at radius 1 is 1.69 bits per heavy atom. The molecule has 0 fully saturated rings. The molecule has 0 radical (unpaired) electrons. The predicted molar refractivity (Wildman–Crippen MR) is 65.4 cm³/mol. The van der Waals surface area contributed by atoms with Crippen molar-refractivity contribution in [3.8, 4) is 0 Å². The van der Waals surface area contributed by atoms with E-state index in [-0.39, 0.29) is 5.57 Å². The number of nitrogens with zero attached hydrogens (tertiary/aromatic N) is 3. The molecule has 0 unspecified atom stereocenters. The van der Waals surface area contributed by atoms with Gasteiger partial charge in [0, 0.05) is 25.0 Å². The molecule has 0 spiro atoms. The van der Waals surface area contributed by atoms with Crippen LogP contribution in [0.15, 0.2) is 15.9 Å². The zero-order valence-corrected chi connectivity index (χ0v) is 10.3. The number of hydrogen-bond donors (Lipinski definition) is 1. The molecule has 0 aliphatic carbocycles. The van der Waals surface area contributed by atoms with E-state index < -0.39 is 5.97 Å². The maximum Gasteiger partial charge on any atom is 0.338 e. The Balaban J connectivity index is 2.91. The number of aromatic nitrogens is 1. The summed E-state index contributed by atoms with van der Waals surface area (Å²) in [5.74, 6) is -1.11. The van der Waals surface area contributed by atoms with Crippen molar-refractivity contribution in [1.82, 2.24) is 9.88 Å². The van der Waals surface area contributed by atoms with E-state index in [1.165, 1.54) is 11.3 Å². The van der Waals surface area contributed by atoms with Crippen LogP contribution in [0.4, 0.5) is 5.13 Å². The highest BCUT2D eigenvalue weighted by atomic mass is 35.5. The van der Waals surface area contributed by atoms with Gasteiger partial charge in [0.1, 0.15) is 0 Å². The van der Waals surface area contributed by atoms with Gasteiger partial charge in [-0.2, -0.15) is 0 Å². The van der Waals surface area contributed by atoms with Crippen LogP contribution < -0.4 is 0 Å². The number of carboxylic acid groups (broad SMARTS) is 1. The minimum Gasteiger partial charge on any atom is -0.478 e. The van der Waals surface area contributed by atoms with E-state index in [0.717, 1.165) is 5.54 Å². The van der Waals surface area contributed by atoms with Gasteiger partial charge >= 0.3 is 5.97 Å². The van der Waals surface area contributed by atoms with Crippen LogP contribution in [0.3, 0.4) is 0 Å². The van der Waals surface area contributed by atoms with E-state index in [4.69, 9.17) is 16.7 Å². The lowest BCUT2D eigenvalue weighted by Crippen LogP contribution is -2.06. The first-order valence-corrected chi connectivity index (χ1v) is 5.56. The molecule has 16 heavy (non-hydrogen) atoms. The highest BCUT2D eigenvalue weighted by Gasteiger charge is 2.13. The Bertz CT molecular complexity index is 440. The fourth-order valence-corrected chi connectivity index (χ4v) is 1.69. The maximum absolute atomic E-state index is 10.8. The molecule has 0 bridgehead atoms. The van der Waals surface area contributed by atoms with Crippen molar-refractivity contribution in [3.05, 3.63) is 16.6 Å². The van der Waals surface area contributed by atoms with Crippen LogP contribution >= 0.6 is 22.9 Å². The van der Waals surface area contributed by atoms with Crippen molar-refractivity contribution < 1.29 is 9.90 Å². The number of thiazole rings is 1. The topological polar surface area (TPSA) is 65.8 Å². The number of halogens is 1. The molecule has 0 saturated carbocycles. The normalized spacial score (nSPS) is 12.1. The second-order valence-electron chi connectivity index (χ2n) is 3.05. The van der Waals surface area contributed by atoms with Crippen LogP contribution in [-0.2, 0) is 4.79 Å². The number of carbonyl (C=O) groups is 1. The number of hydrogen-bond acceptors (Lipinski definition) is 4. The third kappa shape index (κ3) is 3.32. The summed E-state index contributed by atoms with van der Waals surface area (Å²) in [4.78, 5) is 20.6. The molecular weight excluding hydrogens is 250 g/mol. The number of carboxylic acids is 1. The third-order valence-corrected chi connectivity index (χ3v) is 2.47. The Labute approximate surface area is 102 Å². The van der Waals surface area contributed by atoms with Crippen molar-refractivity contribution >= 4 is 46.0 Å². The van der Waals surface area contributed by atoms with Gasteiger partial charge in [0.2, 0.25) is 5.13 Å². The van der Waals surface area contributed by atoms with Gasteiger partial charge < -0.3 is 10.0 Å². The molecule has 0 saturated heterocycles. The molecular formula is C9H10ClN3O2S. The van der Waals surface area contributed by atoms with Crippen LogP contribution in [-0.4, -0.2) is 41.4 Å². The zero-order chi connectivity index (χ0) is 12.1. The van der Waals surface area contributed by atoms with Crippen LogP contribution in [0.25, 0.3) is 5.57 Å². The van der Waals surface area contributed by atoms with Crippen LogP contribution in [0.1, 0.15) is 5.69 Å². The average Bonchev–Trinajstić information content (AvgIpc) is 2.64. The molecule has 0 aliphatic rings. The van der Waals surface area contributed by atoms with Crippen molar-refractivity contribution in [2.75, 3.05) is 14.1 Å². The first kappa shape index (κ1) is 12.7. The first-order chi connectivity index (χ1) is 7.54. The van der Waals surface area contributed by atoms with E-state index in [0.29, 0.717) is 10.8 Å². The lowest BCUT2D eigenvalue weighted by atomic mass is 10.2. The Morgan fingerprint density at radius 3 is 2.88 bits per heavy atom. The monoisotopic (exact) mass is 259 g/mol. The fraction of sp³-hybridized carbons (Fsp3) is 0.222. The molecule has 1 heterocycles. The van der Waals surface area contributed by atoms with Crippen molar-refractivity contribution in [3.63, 3.8) is 0 Å². The highest BCUT2D eigenvalue weighted by Crippen LogP contribution is 2.24. The van der Waals surface area contributed by atoms with Gasteiger partial charge in [-0.1, -0.05) is 11.6 Å². The molecule has 1 N–H and O–H groups in total. The molecule has 0 aromatic carbocycles. The second kappa shape index (κ2) is 5.62. The van der Waals surface area contributed by atoms with Gasteiger partial charge in [0.15, 0.2) is 0 Å². The molecule has 1 rings (SSSR count). The average molecular weight is 260 g/mol. The van der Waals surface area contributed by atoms with Gasteiger partial charge in [0.25, 0.3) is 0 Å². The minimum atomic E-state index is -1.11. The summed E-state index contributed by atoms with van der Waals surface area (Å²) in [7, 11) is 3.67. The van der Waals surface area contributed by atoms with Crippen molar-refractivity contribution in [2.45, 2.75) is 0 Å². The minimum absolute atomic E-state index is 0.0378. The predicted octanol–water partition coefficient (Wildman–Crippen LogP) is 2.03. The quantitative estimate of drug-likeness (QED) is 0.510. The summed E-state index contributed by atoms with van der Waals surface area (Å²) >= 11 is 6.66. The summed E-state index contributed by atoms with van der Waals surface area (Å²) in [6.45, 7) is 0. The van der Waals surface area contributed by atoms with E-state index >= 15 is 0 Å². The lowest BCUT2D eigenvalue weighted by molar-refractivity contribution is -0.130. The summed E-state index contributed by atoms with van der Waals surface area (Å²) in [5.41, 5.74) is 1.28. The smallest absolute Gasteiger partial charge is 0.338 e. The lowest BCUT2D eigenvalue weighted by Gasteiger charge is -1.99. The first-order valence-electron chi connectivity index (χ1n) is 4.24. The van der Waals surface area contributed by atoms with Crippen molar-refractivity contribution in [2.24, 2.45) is 4.99 Å². The molecule has 0 atom stereocenters. The number of aliphatic imine (C=N–C) groups is 1. The molecule has 5 nitrogen and oxygen atoms in total. The highest BCUT2D eigenvalue weighted by molar-refractivity contribution is 7.13. The van der Waals surface area contributed by atoms with E-state index in [2.05, 4.69) is 9.98 Å². The molecule has 0 amide bonds. The maximum atomic E-state index is 10.8. The molecule has 0 aliphatic heterocycles.